The van der Waals surface area contributed by atoms with Crippen LogP contribution in [0.15, 0.2) is 18.2 Å². The molecule has 1 unspecified atom stereocenters. The van der Waals surface area contributed by atoms with E-state index < -0.39 is 0 Å². The van der Waals surface area contributed by atoms with Gasteiger partial charge in [0.15, 0.2) is 0 Å². The molecule has 0 radical (unpaired) electrons. The molecule has 0 saturated carbocycles. The first kappa shape index (κ1) is 9.08. The Kier molecular flexibility index (Phi) is 2.41. The predicted octanol–water partition coefficient (Wildman–Crippen LogP) is 2.47. The van der Waals surface area contributed by atoms with Gasteiger partial charge >= 0.3 is 0 Å². The summed E-state index contributed by atoms with van der Waals surface area (Å²) in [6.45, 7) is 2.08. The standard InChI is InChI=1S/C12H13NO/c1-9-5-6-11-10(7-8-13)3-2-4-12(11)14-9/h2-4,9H,5-7H2,1H3. The van der Waals surface area contributed by atoms with Crippen LogP contribution in [0.4, 0.5) is 0 Å². The van der Waals surface area contributed by atoms with Crippen LogP contribution >= 0.6 is 0 Å². The highest BCUT2D eigenvalue weighted by molar-refractivity contribution is 5.42. The van der Waals surface area contributed by atoms with Gasteiger partial charge in [-0.3, -0.25) is 0 Å². The Morgan fingerprint density at radius 3 is 3.21 bits per heavy atom. The van der Waals surface area contributed by atoms with Gasteiger partial charge in [-0.15, -0.1) is 0 Å². The zero-order valence-electron chi connectivity index (χ0n) is 8.29. The lowest BCUT2D eigenvalue weighted by molar-refractivity contribution is 0.192. The van der Waals surface area contributed by atoms with Gasteiger partial charge in [-0.1, -0.05) is 12.1 Å². The number of nitriles is 1. The van der Waals surface area contributed by atoms with Gasteiger partial charge in [0.2, 0.25) is 0 Å². The Bertz CT molecular complexity index is 378. The lowest BCUT2D eigenvalue weighted by Gasteiger charge is -2.24. The summed E-state index contributed by atoms with van der Waals surface area (Å²) in [5.41, 5.74) is 2.35. The fourth-order valence-corrected chi connectivity index (χ4v) is 1.88. The quantitative estimate of drug-likeness (QED) is 0.676. The normalized spacial score (nSPS) is 19.3. The zero-order chi connectivity index (χ0) is 9.97. The van der Waals surface area contributed by atoms with Gasteiger partial charge in [-0.2, -0.15) is 5.26 Å². The molecule has 1 atom stereocenters. The molecular weight excluding hydrogens is 174 g/mol. The fraction of sp³-hybridized carbons (Fsp3) is 0.417. The van der Waals surface area contributed by atoms with Crippen LogP contribution in [0.1, 0.15) is 24.5 Å². The minimum absolute atomic E-state index is 0.305. The lowest BCUT2D eigenvalue weighted by atomic mass is 9.96. The first-order valence-corrected chi connectivity index (χ1v) is 4.95. The highest BCUT2D eigenvalue weighted by atomic mass is 16.5. The third kappa shape index (κ3) is 1.58. The molecule has 0 fully saturated rings. The van der Waals surface area contributed by atoms with E-state index in [-0.39, 0.29) is 0 Å². The molecular formula is C12H13NO. The van der Waals surface area contributed by atoms with Crippen molar-refractivity contribution in [3.8, 4) is 11.8 Å². The van der Waals surface area contributed by atoms with E-state index in [2.05, 4.69) is 13.0 Å². The Morgan fingerprint density at radius 1 is 1.57 bits per heavy atom. The molecule has 0 N–H and O–H groups in total. The second-order valence-corrected chi connectivity index (χ2v) is 3.70. The van der Waals surface area contributed by atoms with E-state index in [1.54, 1.807) is 0 Å². The maximum Gasteiger partial charge on any atom is 0.123 e. The molecule has 0 saturated heterocycles. The van der Waals surface area contributed by atoms with Crippen LogP contribution in [0, 0.1) is 11.3 Å². The molecule has 14 heavy (non-hydrogen) atoms. The first-order valence-electron chi connectivity index (χ1n) is 4.95. The highest BCUT2D eigenvalue weighted by Gasteiger charge is 2.17. The van der Waals surface area contributed by atoms with E-state index >= 15 is 0 Å². The van der Waals surface area contributed by atoms with Gasteiger partial charge in [0.25, 0.3) is 0 Å². The SMILES string of the molecule is CC1CCc2c(CC#N)cccc2O1. The second kappa shape index (κ2) is 3.71. The van der Waals surface area contributed by atoms with Crippen LogP contribution in [-0.2, 0) is 12.8 Å². The van der Waals surface area contributed by atoms with Gasteiger partial charge in [-0.25, -0.2) is 0 Å². The Hall–Kier alpha value is -1.49. The van der Waals surface area contributed by atoms with Crippen molar-refractivity contribution in [1.82, 2.24) is 0 Å². The first-order chi connectivity index (χ1) is 6.81. The highest BCUT2D eigenvalue weighted by Crippen LogP contribution is 2.30. The van der Waals surface area contributed by atoms with Crippen LogP contribution in [0.25, 0.3) is 0 Å². The van der Waals surface area contributed by atoms with Crippen molar-refractivity contribution in [3.63, 3.8) is 0 Å². The molecule has 0 amide bonds. The molecule has 2 heteroatoms. The molecule has 0 aromatic heterocycles. The van der Waals surface area contributed by atoms with Gasteiger partial charge in [-0.05, 0) is 37.0 Å². The van der Waals surface area contributed by atoms with Crippen molar-refractivity contribution < 1.29 is 4.74 Å². The predicted molar refractivity (Wildman–Crippen MR) is 54.2 cm³/mol. The molecule has 72 valence electrons. The topological polar surface area (TPSA) is 33.0 Å². The monoisotopic (exact) mass is 187 g/mol. The smallest absolute Gasteiger partial charge is 0.123 e. The largest absolute Gasteiger partial charge is 0.490 e. The van der Waals surface area contributed by atoms with Crippen molar-refractivity contribution in [1.29, 1.82) is 5.26 Å². The summed E-state index contributed by atoms with van der Waals surface area (Å²) in [7, 11) is 0. The van der Waals surface area contributed by atoms with Crippen LogP contribution in [0.3, 0.4) is 0 Å². The minimum Gasteiger partial charge on any atom is -0.490 e. The zero-order valence-corrected chi connectivity index (χ0v) is 8.29. The number of hydrogen-bond donors (Lipinski definition) is 0. The third-order valence-corrected chi connectivity index (χ3v) is 2.63. The molecule has 1 aromatic carbocycles. The summed E-state index contributed by atoms with van der Waals surface area (Å²) in [6, 6.07) is 8.16. The van der Waals surface area contributed by atoms with E-state index in [4.69, 9.17) is 10.00 Å². The van der Waals surface area contributed by atoms with E-state index in [1.807, 2.05) is 18.2 Å². The number of hydrogen-bond acceptors (Lipinski definition) is 2. The van der Waals surface area contributed by atoms with Crippen molar-refractivity contribution in [2.75, 3.05) is 0 Å². The summed E-state index contributed by atoms with van der Waals surface area (Å²) in [4.78, 5) is 0. The number of benzene rings is 1. The average molecular weight is 187 g/mol. The number of fused-ring (bicyclic) bond motifs is 1. The molecule has 0 spiro atoms. The van der Waals surface area contributed by atoms with E-state index in [9.17, 15) is 0 Å². The van der Waals surface area contributed by atoms with Gasteiger partial charge in [0.05, 0.1) is 18.6 Å². The maximum atomic E-state index is 8.68. The fourth-order valence-electron chi connectivity index (χ4n) is 1.88. The van der Waals surface area contributed by atoms with Gasteiger partial charge < -0.3 is 4.74 Å². The maximum absolute atomic E-state index is 8.68. The molecule has 1 aliphatic heterocycles. The second-order valence-electron chi connectivity index (χ2n) is 3.70. The molecule has 1 aromatic rings. The van der Waals surface area contributed by atoms with Gasteiger partial charge in [0.1, 0.15) is 5.75 Å². The van der Waals surface area contributed by atoms with Gasteiger partial charge in [0, 0.05) is 0 Å². The van der Waals surface area contributed by atoms with Crippen molar-refractivity contribution in [3.05, 3.63) is 29.3 Å². The molecule has 0 aliphatic carbocycles. The minimum atomic E-state index is 0.305. The lowest BCUT2D eigenvalue weighted by Crippen LogP contribution is -2.19. The van der Waals surface area contributed by atoms with Crippen molar-refractivity contribution in [2.45, 2.75) is 32.3 Å². The van der Waals surface area contributed by atoms with E-state index in [1.165, 1.54) is 5.56 Å². The van der Waals surface area contributed by atoms with Crippen LogP contribution in [0.2, 0.25) is 0 Å². The number of ether oxygens (including phenoxy) is 1. The summed E-state index contributed by atoms with van der Waals surface area (Å²) in [6.07, 6.45) is 2.88. The van der Waals surface area contributed by atoms with E-state index in [0.29, 0.717) is 12.5 Å². The third-order valence-electron chi connectivity index (χ3n) is 2.63. The molecule has 1 heterocycles. The van der Waals surface area contributed by atoms with Crippen LogP contribution in [-0.4, -0.2) is 6.10 Å². The summed E-state index contributed by atoms with van der Waals surface area (Å²) in [5.74, 6) is 0.969. The summed E-state index contributed by atoms with van der Waals surface area (Å²) < 4.78 is 5.71. The van der Waals surface area contributed by atoms with E-state index in [0.717, 1.165) is 24.2 Å². The Morgan fingerprint density at radius 2 is 2.43 bits per heavy atom. The number of nitrogens with zero attached hydrogens (tertiary/aromatic N) is 1. The molecule has 1 aliphatic rings. The molecule has 0 bridgehead atoms. The Balaban J connectivity index is 2.37. The molecule has 2 nitrogen and oxygen atoms in total. The number of rotatable bonds is 1. The van der Waals surface area contributed by atoms with Crippen LogP contribution in [0.5, 0.6) is 5.75 Å². The van der Waals surface area contributed by atoms with Crippen molar-refractivity contribution >= 4 is 0 Å². The summed E-state index contributed by atoms with van der Waals surface area (Å²) >= 11 is 0. The average Bonchev–Trinajstić information content (AvgIpc) is 2.18. The summed E-state index contributed by atoms with van der Waals surface area (Å²) in [5, 5.41) is 8.68. The van der Waals surface area contributed by atoms with Crippen molar-refractivity contribution in [2.24, 2.45) is 0 Å². The van der Waals surface area contributed by atoms with Crippen LogP contribution < -0.4 is 4.74 Å². The molecule has 2 rings (SSSR count). The Labute approximate surface area is 84.1 Å².